The van der Waals surface area contributed by atoms with Gasteiger partial charge in [-0.15, -0.1) is 0 Å². The molecule has 1 heterocycles. The Morgan fingerprint density at radius 3 is 2.29 bits per heavy atom. The molecule has 0 radical (unpaired) electrons. The van der Waals surface area contributed by atoms with Gasteiger partial charge in [-0.05, 0) is 25.7 Å². The predicted octanol–water partition coefficient (Wildman–Crippen LogP) is 1.14. The second kappa shape index (κ2) is 6.65. The predicted molar refractivity (Wildman–Crippen MR) is 83.9 cm³/mol. The highest BCUT2D eigenvalue weighted by Gasteiger charge is 2.37. The second-order valence-corrected chi connectivity index (χ2v) is 8.89. The highest BCUT2D eigenvalue weighted by molar-refractivity contribution is 7.91. The summed E-state index contributed by atoms with van der Waals surface area (Å²) in [7, 11) is -2.88. The number of nitrogens with zero attached hydrogens (tertiary/aromatic N) is 2. The van der Waals surface area contributed by atoms with Gasteiger partial charge in [-0.2, -0.15) is 0 Å². The summed E-state index contributed by atoms with van der Waals surface area (Å²) in [5.74, 6) is 1.04. The molecule has 0 bridgehead atoms. The topological polar surface area (TPSA) is 57.7 Å². The molecule has 2 aliphatic rings. The van der Waals surface area contributed by atoms with Crippen LogP contribution in [0.15, 0.2) is 0 Å². The summed E-state index contributed by atoms with van der Waals surface area (Å²) in [5, 5.41) is 0. The van der Waals surface area contributed by atoms with E-state index in [0.29, 0.717) is 31.6 Å². The van der Waals surface area contributed by atoms with Gasteiger partial charge in [-0.3, -0.25) is 9.69 Å². The number of carbonyl (C=O) groups is 1. The van der Waals surface area contributed by atoms with Crippen LogP contribution < -0.4 is 0 Å². The Labute approximate surface area is 128 Å². The van der Waals surface area contributed by atoms with Crippen molar-refractivity contribution < 1.29 is 13.2 Å². The van der Waals surface area contributed by atoms with Crippen molar-refractivity contribution in [1.82, 2.24) is 9.80 Å². The molecule has 1 aliphatic heterocycles. The molecule has 1 aliphatic carbocycles. The normalized spacial score (nSPS) is 25.3. The van der Waals surface area contributed by atoms with Crippen molar-refractivity contribution in [2.24, 2.45) is 5.92 Å². The summed E-state index contributed by atoms with van der Waals surface area (Å²) in [4.78, 5) is 16.7. The van der Waals surface area contributed by atoms with E-state index in [0.717, 1.165) is 19.3 Å². The Morgan fingerprint density at radius 2 is 1.81 bits per heavy atom. The van der Waals surface area contributed by atoms with Gasteiger partial charge in [-0.25, -0.2) is 8.42 Å². The van der Waals surface area contributed by atoms with Gasteiger partial charge < -0.3 is 4.90 Å². The molecule has 1 saturated heterocycles. The number of amides is 1. The van der Waals surface area contributed by atoms with E-state index >= 15 is 0 Å². The van der Waals surface area contributed by atoms with Crippen molar-refractivity contribution in [1.29, 1.82) is 0 Å². The van der Waals surface area contributed by atoms with Crippen LogP contribution in [0.5, 0.6) is 0 Å². The van der Waals surface area contributed by atoms with Gasteiger partial charge in [0.05, 0.1) is 18.1 Å². The first-order chi connectivity index (χ1) is 9.84. The van der Waals surface area contributed by atoms with Gasteiger partial charge in [0.2, 0.25) is 5.91 Å². The average Bonchev–Trinajstić information content (AvgIpc) is 3.25. The SMILES string of the molecule is CC[C@@H](C)[C@H](C)N(C(=O)CN1CCS(=O)(=O)CC1)C1CC1. The minimum Gasteiger partial charge on any atom is -0.336 e. The van der Waals surface area contributed by atoms with Crippen LogP contribution in [0.4, 0.5) is 0 Å². The van der Waals surface area contributed by atoms with Crippen LogP contribution in [0.1, 0.15) is 40.0 Å². The Morgan fingerprint density at radius 1 is 1.24 bits per heavy atom. The molecule has 2 atom stereocenters. The molecule has 1 amide bonds. The molecule has 0 spiro atoms. The number of hydrogen-bond acceptors (Lipinski definition) is 4. The first kappa shape index (κ1) is 16.7. The van der Waals surface area contributed by atoms with E-state index in [9.17, 15) is 13.2 Å². The standard InChI is InChI=1S/C15H28N2O3S/c1-4-12(2)13(3)17(14-5-6-14)15(18)11-16-7-9-21(19,20)10-8-16/h12-14H,4-11H2,1-3H3/t12-,13+/m1/s1. The van der Waals surface area contributed by atoms with Gasteiger partial charge >= 0.3 is 0 Å². The van der Waals surface area contributed by atoms with Gasteiger partial charge in [0, 0.05) is 25.2 Å². The van der Waals surface area contributed by atoms with Gasteiger partial charge in [-0.1, -0.05) is 20.3 Å². The largest absolute Gasteiger partial charge is 0.336 e. The van der Waals surface area contributed by atoms with Crippen LogP contribution in [0.2, 0.25) is 0 Å². The first-order valence-corrected chi connectivity index (χ1v) is 9.90. The van der Waals surface area contributed by atoms with E-state index in [4.69, 9.17) is 0 Å². The molecule has 21 heavy (non-hydrogen) atoms. The summed E-state index contributed by atoms with van der Waals surface area (Å²) in [6.07, 6.45) is 3.29. The van der Waals surface area contributed by atoms with Crippen molar-refractivity contribution in [3.05, 3.63) is 0 Å². The molecule has 0 aromatic carbocycles. The number of sulfone groups is 1. The highest BCUT2D eigenvalue weighted by atomic mass is 32.2. The van der Waals surface area contributed by atoms with Crippen molar-refractivity contribution in [2.75, 3.05) is 31.1 Å². The van der Waals surface area contributed by atoms with Crippen LogP contribution in [0, 0.1) is 5.92 Å². The van der Waals surface area contributed by atoms with E-state index in [1.165, 1.54) is 0 Å². The number of carbonyl (C=O) groups excluding carboxylic acids is 1. The summed E-state index contributed by atoms with van der Waals surface area (Å²) in [5.41, 5.74) is 0. The van der Waals surface area contributed by atoms with Crippen LogP contribution in [0.3, 0.4) is 0 Å². The van der Waals surface area contributed by atoms with E-state index in [1.807, 2.05) is 4.90 Å². The quantitative estimate of drug-likeness (QED) is 0.737. The fourth-order valence-electron chi connectivity index (χ4n) is 2.91. The lowest BCUT2D eigenvalue weighted by Crippen LogP contribution is -2.50. The zero-order valence-corrected chi connectivity index (χ0v) is 14.2. The lowest BCUT2D eigenvalue weighted by molar-refractivity contribution is -0.136. The Kier molecular flexibility index (Phi) is 5.30. The molecular formula is C15H28N2O3S. The minimum atomic E-state index is -2.88. The third-order valence-electron chi connectivity index (χ3n) is 4.93. The Balaban J connectivity index is 1.93. The molecule has 0 aromatic rings. The molecule has 0 unspecified atom stereocenters. The maximum atomic E-state index is 12.7. The smallest absolute Gasteiger partial charge is 0.237 e. The van der Waals surface area contributed by atoms with Crippen LogP contribution in [0.25, 0.3) is 0 Å². The zero-order valence-electron chi connectivity index (χ0n) is 13.4. The van der Waals surface area contributed by atoms with Crippen molar-refractivity contribution in [3.63, 3.8) is 0 Å². The highest BCUT2D eigenvalue weighted by Crippen LogP contribution is 2.31. The third-order valence-corrected chi connectivity index (χ3v) is 6.54. The fraction of sp³-hybridized carbons (Fsp3) is 0.933. The maximum Gasteiger partial charge on any atom is 0.237 e. The number of rotatable bonds is 6. The van der Waals surface area contributed by atoms with Gasteiger partial charge in [0.1, 0.15) is 0 Å². The molecule has 6 heteroatoms. The molecular weight excluding hydrogens is 288 g/mol. The molecule has 2 fully saturated rings. The van der Waals surface area contributed by atoms with E-state index in [-0.39, 0.29) is 23.5 Å². The van der Waals surface area contributed by atoms with Gasteiger partial charge in [0.15, 0.2) is 9.84 Å². The molecule has 1 saturated carbocycles. The second-order valence-electron chi connectivity index (χ2n) is 6.59. The first-order valence-electron chi connectivity index (χ1n) is 8.08. The summed E-state index contributed by atoms with van der Waals surface area (Å²) in [6, 6.07) is 0.679. The average molecular weight is 316 g/mol. The van der Waals surface area contributed by atoms with Crippen molar-refractivity contribution >= 4 is 15.7 Å². The van der Waals surface area contributed by atoms with E-state index in [2.05, 4.69) is 25.7 Å². The fourth-order valence-corrected chi connectivity index (χ4v) is 4.19. The van der Waals surface area contributed by atoms with Gasteiger partial charge in [0.25, 0.3) is 0 Å². The maximum absolute atomic E-state index is 12.7. The molecule has 0 N–H and O–H groups in total. The summed E-state index contributed by atoms with van der Waals surface area (Å²) < 4.78 is 22.9. The Hall–Kier alpha value is -0.620. The molecule has 0 aromatic heterocycles. The Bertz CT molecular complexity index is 459. The monoisotopic (exact) mass is 316 g/mol. The van der Waals surface area contributed by atoms with Crippen molar-refractivity contribution in [2.45, 2.75) is 52.1 Å². The lowest BCUT2D eigenvalue weighted by atomic mass is 9.99. The summed E-state index contributed by atoms with van der Waals surface area (Å²) in [6.45, 7) is 7.85. The molecule has 2 rings (SSSR count). The lowest BCUT2D eigenvalue weighted by Gasteiger charge is -2.35. The zero-order chi connectivity index (χ0) is 15.6. The third kappa shape index (κ3) is 4.42. The van der Waals surface area contributed by atoms with Crippen molar-refractivity contribution in [3.8, 4) is 0 Å². The molecule has 5 nitrogen and oxygen atoms in total. The summed E-state index contributed by atoms with van der Waals surface area (Å²) >= 11 is 0. The van der Waals surface area contributed by atoms with Crippen LogP contribution >= 0.6 is 0 Å². The van der Waals surface area contributed by atoms with Crippen LogP contribution in [-0.2, 0) is 14.6 Å². The number of hydrogen-bond donors (Lipinski definition) is 0. The molecule has 122 valence electrons. The van der Waals surface area contributed by atoms with E-state index < -0.39 is 9.84 Å². The minimum absolute atomic E-state index is 0.171. The van der Waals surface area contributed by atoms with Crippen LogP contribution in [-0.4, -0.2) is 67.3 Å². The van der Waals surface area contributed by atoms with E-state index in [1.54, 1.807) is 0 Å².